The molecule has 1 saturated heterocycles. The van der Waals surface area contributed by atoms with Crippen LogP contribution in [0.25, 0.3) is 11.0 Å². The van der Waals surface area contributed by atoms with Crippen LogP contribution >= 0.6 is 0 Å². The van der Waals surface area contributed by atoms with E-state index >= 15 is 0 Å². The smallest absolute Gasteiger partial charge is 0.323 e. The Bertz CT molecular complexity index is 819. The van der Waals surface area contributed by atoms with Gasteiger partial charge in [-0.3, -0.25) is 0 Å². The van der Waals surface area contributed by atoms with Crippen molar-refractivity contribution < 1.29 is 0 Å². The second-order valence-electron chi connectivity index (χ2n) is 5.57. The first-order chi connectivity index (χ1) is 10.3. The maximum absolute atomic E-state index is 11.4. The van der Waals surface area contributed by atoms with Crippen molar-refractivity contribution >= 4 is 16.7 Å². The molecule has 1 atom stereocenters. The number of nitrogens with zero attached hydrogens (tertiary/aromatic N) is 1. The van der Waals surface area contributed by atoms with Gasteiger partial charge in [-0.2, -0.15) is 0 Å². The van der Waals surface area contributed by atoms with E-state index in [4.69, 9.17) is 0 Å². The molecule has 4 nitrogen and oxygen atoms in total. The van der Waals surface area contributed by atoms with E-state index in [1.807, 2.05) is 6.07 Å². The lowest BCUT2D eigenvalue weighted by Gasteiger charge is -2.27. The minimum absolute atomic E-state index is 0.150. The molecule has 2 aromatic carbocycles. The Morgan fingerprint density at radius 2 is 1.81 bits per heavy atom. The Morgan fingerprint density at radius 1 is 1.00 bits per heavy atom. The second-order valence-corrected chi connectivity index (χ2v) is 5.57. The van der Waals surface area contributed by atoms with E-state index in [1.54, 1.807) is 0 Å². The van der Waals surface area contributed by atoms with Gasteiger partial charge in [0, 0.05) is 12.2 Å². The van der Waals surface area contributed by atoms with E-state index in [0.29, 0.717) is 6.04 Å². The molecule has 0 bridgehead atoms. The summed E-state index contributed by atoms with van der Waals surface area (Å²) in [6.07, 6.45) is 2.37. The molecule has 2 N–H and O–H groups in total. The molecule has 0 aliphatic carbocycles. The summed E-state index contributed by atoms with van der Waals surface area (Å²) >= 11 is 0. The number of imidazole rings is 1. The highest BCUT2D eigenvalue weighted by Gasteiger charge is 2.26. The van der Waals surface area contributed by atoms with Gasteiger partial charge in [-0.05, 0) is 36.6 Å². The van der Waals surface area contributed by atoms with E-state index < -0.39 is 0 Å². The zero-order valence-corrected chi connectivity index (χ0v) is 11.7. The number of aromatic nitrogens is 2. The van der Waals surface area contributed by atoms with Crippen LogP contribution < -0.4 is 10.6 Å². The molecule has 4 rings (SSSR count). The maximum Gasteiger partial charge on any atom is 0.323 e. The van der Waals surface area contributed by atoms with Crippen LogP contribution in [0.15, 0.2) is 53.3 Å². The summed E-state index contributed by atoms with van der Waals surface area (Å²) in [6, 6.07) is 17.2. The van der Waals surface area contributed by atoms with Crippen LogP contribution in [0, 0.1) is 0 Å². The van der Waals surface area contributed by atoms with Crippen LogP contribution in [0.3, 0.4) is 0 Å². The summed E-state index contributed by atoms with van der Waals surface area (Å²) < 4.78 is 0. The van der Waals surface area contributed by atoms with Gasteiger partial charge in [-0.25, -0.2) is 4.79 Å². The Hall–Kier alpha value is -2.49. The lowest BCUT2D eigenvalue weighted by Crippen LogP contribution is -2.22. The van der Waals surface area contributed by atoms with Gasteiger partial charge < -0.3 is 14.9 Å². The van der Waals surface area contributed by atoms with Crippen LogP contribution in [-0.2, 0) is 0 Å². The van der Waals surface area contributed by atoms with E-state index in [-0.39, 0.29) is 5.69 Å². The first kappa shape index (κ1) is 12.3. The minimum Gasteiger partial charge on any atom is -0.364 e. The molecule has 2 heterocycles. The standard InChI is InChI=1S/C17H17N3O/c21-17-18-14-9-8-13(11-15(14)19-17)20-10-4-7-16(20)12-5-2-1-3-6-12/h1-3,5-6,8-9,11,16H,4,7,10H2,(H2,18,19,21). The first-order valence-electron chi connectivity index (χ1n) is 7.35. The molecule has 1 aliphatic rings. The maximum atomic E-state index is 11.4. The Balaban J connectivity index is 1.74. The van der Waals surface area contributed by atoms with Gasteiger partial charge in [-0.1, -0.05) is 30.3 Å². The molecule has 4 heteroatoms. The van der Waals surface area contributed by atoms with Crippen molar-refractivity contribution in [2.45, 2.75) is 18.9 Å². The highest BCUT2D eigenvalue weighted by Crippen LogP contribution is 2.36. The van der Waals surface area contributed by atoms with Gasteiger partial charge >= 0.3 is 5.69 Å². The Kier molecular flexibility index (Phi) is 2.81. The SMILES string of the molecule is O=c1[nH]c2ccc(N3CCCC3c3ccccc3)cc2[nH]1. The fourth-order valence-corrected chi connectivity index (χ4v) is 3.30. The summed E-state index contributed by atoms with van der Waals surface area (Å²) in [4.78, 5) is 19.4. The lowest BCUT2D eigenvalue weighted by molar-refractivity contribution is 0.719. The van der Waals surface area contributed by atoms with Crippen molar-refractivity contribution in [3.05, 3.63) is 64.6 Å². The number of aromatic amines is 2. The molecule has 0 radical (unpaired) electrons. The predicted molar refractivity (Wildman–Crippen MR) is 84.7 cm³/mol. The second kappa shape index (κ2) is 4.81. The number of hydrogen-bond acceptors (Lipinski definition) is 2. The van der Waals surface area contributed by atoms with Gasteiger partial charge in [0.15, 0.2) is 0 Å². The lowest BCUT2D eigenvalue weighted by atomic mass is 10.0. The van der Waals surface area contributed by atoms with E-state index in [0.717, 1.165) is 17.6 Å². The van der Waals surface area contributed by atoms with Gasteiger partial charge in [0.2, 0.25) is 0 Å². The van der Waals surface area contributed by atoms with Crippen molar-refractivity contribution in [1.82, 2.24) is 9.97 Å². The number of hydrogen-bond donors (Lipinski definition) is 2. The summed E-state index contributed by atoms with van der Waals surface area (Å²) in [5.41, 5.74) is 4.11. The molecule has 1 fully saturated rings. The molecular weight excluding hydrogens is 262 g/mol. The third kappa shape index (κ3) is 2.13. The molecule has 21 heavy (non-hydrogen) atoms. The topological polar surface area (TPSA) is 51.9 Å². The molecule has 0 spiro atoms. The normalized spacial score (nSPS) is 18.5. The largest absolute Gasteiger partial charge is 0.364 e. The van der Waals surface area contributed by atoms with Crippen molar-refractivity contribution in [3.63, 3.8) is 0 Å². The molecule has 3 aromatic rings. The predicted octanol–water partition coefficient (Wildman–Crippen LogP) is 3.20. The molecule has 0 saturated carbocycles. The average Bonchev–Trinajstić information content (AvgIpc) is 3.12. The quantitative estimate of drug-likeness (QED) is 0.757. The summed E-state index contributed by atoms with van der Waals surface area (Å²) in [5.74, 6) is 0. The Morgan fingerprint density at radius 3 is 2.67 bits per heavy atom. The van der Waals surface area contributed by atoms with Crippen LogP contribution in [0.4, 0.5) is 5.69 Å². The van der Waals surface area contributed by atoms with Gasteiger partial charge in [0.1, 0.15) is 0 Å². The molecular formula is C17H17N3O. The summed E-state index contributed by atoms with van der Waals surface area (Å²) in [7, 11) is 0. The first-order valence-corrected chi connectivity index (χ1v) is 7.35. The van der Waals surface area contributed by atoms with Crippen molar-refractivity contribution in [2.24, 2.45) is 0 Å². The van der Waals surface area contributed by atoms with Gasteiger partial charge in [0.25, 0.3) is 0 Å². The number of rotatable bonds is 2. The van der Waals surface area contributed by atoms with Crippen molar-refractivity contribution in [1.29, 1.82) is 0 Å². The molecule has 0 amide bonds. The third-order valence-corrected chi connectivity index (χ3v) is 4.27. The van der Waals surface area contributed by atoms with E-state index in [9.17, 15) is 4.79 Å². The number of fused-ring (bicyclic) bond motifs is 1. The highest BCUT2D eigenvalue weighted by atomic mass is 16.1. The minimum atomic E-state index is -0.150. The zero-order chi connectivity index (χ0) is 14.2. The van der Waals surface area contributed by atoms with Crippen molar-refractivity contribution in [3.8, 4) is 0 Å². The number of benzene rings is 2. The van der Waals surface area contributed by atoms with Crippen LogP contribution in [-0.4, -0.2) is 16.5 Å². The van der Waals surface area contributed by atoms with Gasteiger partial charge in [0.05, 0.1) is 17.1 Å². The number of anilines is 1. The van der Waals surface area contributed by atoms with Crippen LogP contribution in [0.5, 0.6) is 0 Å². The summed E-state index contributed by atoms with van der Waals surface area (Å²) in [6.45, 7) is 1.06. The fourth-order valence-electron chi connectivity index (χ4n) is 3.30. The van der Waals surface area contributed by atoms with Crippen molar-refractivity contribution in [2.75, 3.05) is 11.4 Å². The Labute approximate surface area is 122 Å². The average molecular weight is 279 g/mol. The highest BCUT2D eigenvalue weighted by molar-refractivity contribution is 5.79. The number of nitrogens with one attached hydrogen (secondary N) is 2. The zero-order valence-electron chi connectivity index (χ0n) is 11.7. The van der Waals surface area contributed by atoms with E-state index in [1.165, 1.54) is 24.1 Å². The molecule has 1 unspecified atom stereocenters. The van der Waals surface area contributed by atoms with Crippen LogP contribution in [0.1, 0.15) is 24.4 Å². The third-order valence-electron chi connectivity index (χ3n) is 4.27. The van der Waals surface area contributed by atoms with E-state index in [2.05, 4.69) is 57.3 Å². The fraction of sp³-hybridized carbons (Fsp3) is 0.235. The summed E-state index contributed by atoms with van der Waals surface area (Å²) in [5, 5.41) is 0. The molecule has 1 aromatic heterocycles. The van der Waals surface area contributed by atoms with Crippen LogP contribution in [0.2, 0.25) is 0 Å². The molecule has 1 aliphatic heterocycles. The monoisotopic (exact) mass is 279 g/mol. The van der Waals surface area contributed by atoms with Gasteiger partial charge in [-0.15, -0.1) is 0 Å². The number of H-pyrrole nitrogens is 2. The molecule has 106 valence electrons.